The largest absolute Gasteiger partial charge is 0.368 e. The summed E-state index contributed by atoms with van der Waals surface area (Å²) in [6.07, 6.45) is 9.32. The summed E-state index contributed by atoms with van der Waals surface area (Å²) in [7, 11) is 0. The maximum atomic E-state index is 5.52. The molecule has 0 aliphatic heterocycles. The van der Waals surface area contributed by atoms with Gasteiger partial charge in [-0.2, -0.15) is 29.9 Å². The van der Waals surface area contributed by atoms with Crippen LogP contribution in [0.4, 0.5) is 35.7 Å². The van der Waals surface area contributed by atoms with Crippen molar-refractivity contribution < 1.29 is 0 Å². The van der Waals surface area contributed by atoms with Crippen LogP contribution in [0.25, 0.3) is 0 Å². The SMILES string of the molecule is Nc1nc(N)nc(NCCCCCCCCCCNc2nc(N)nc(N)n2)n1. The van der Waals surface area contributed by atoms with Gasteiger partial charge in [-0.1, -0.05) is 38.5 Å². The molecule has 0 aliphatic carbocycles. The lowest BCUT2D eigenvalue weighted by atomic mass is 10.1. The Hall–Kier alpha value is -3.18. The first-order valence-electron chi connectivity index (χ1n) is 9.55. The van der Waals surface area contributed by atoms with Crippen molar-refractivity contribution in [3.63, 3.8) is 0 Å². The van der Waals surface area contributed by atoms with Crippen LogP contribution in [0.2, 0.25) is 0 Å². The first-order chi connectivity index (χ1) is 13.5. The topological polar surface area (TPSA) is 205 Å². The molecule has 154 valence electrons. The zero-order valence-corrected chi connectivity index (χ0v) is 16.1. The highest BCUT2D eigenvalue weighted by Crippen LogP contribution is 2.10. The number of nitrogens with two attached hydrogens (primary N) is 4. The molecule has 0 unspecified atom stereocenters. The molecule has 10 N–H and O–H groups in total. The molecule has 12 nitrogen and oxygen atoms in total. The number of rotatable bonds is 13. The molecule has 0 aromatic carbocycles. The Bertz CT molecular complexity index is 621. The van der Waals surface area contributed by atoms with Gasteiger partial charge in [-0.25, -0.2) is 0 Å². The van der Waals surface area contributed by atoms with Crippen LogP contribution in [-0.2, 0) is 0 Å². The van der Waals surface area contributed by atoms with Gasteiger partial charge in [0.25, 0.3) is 0 Å². The number of anilines is 6. The predicted molar refractivity (Wildman–Crippen MR) is 111 cm³/mol. The van der Waals surface area contributed by atoms with Gasteiger partial charge < -0.3 is 33.6 Å². The molecule has 0 bridgehead atoms. The van der Waals surface area contributed by atoms with Gasteiger partial charge in [-0.05, 0) is 12.8 Å². The molecule has 28 heavy (non-hydrogen) atoms. The highest BCUT2D eigenvalue weighted by Gasteiger charge is 2.01. The lowest BCUT2D eigenvalue weighted by Gasteiger charge is -2.06. The van der Waals surface area contributed by atoms with Crippen molar-refractivity contribution in [2.45, 2.75) is 51.4 Å². The van der Waals surface area contributed by atoms with E-state index >= 15 is 0 Å². The van der Waals surface area contributed by atoms with Crippen molar-refractivity contribution in [1.82, 2.24) is 29.9 Å². The zero-order valence-electron chi connectivity index (χ0n) is 16.1. The Balaban J connectivity index is 1.40. The number of hydrogen-bond acceptors (Lipinski definition) is 12. The summed E-state index contributed by atoms with van der Waals surface area (Å²) in [4.78, 5) is 23.4. The van der Waals surface area contributed by atoms with Crippen LogP contribution in [0.1, 0.15) is 51.4 Å². The first-order valence-corrected chi connectivity index (χ1v) is 9.55. The fourth-order valence-corrected chi connectivity index (χ4v) is 2.69. The zero-order chi connectivity index (χ0) is 20.2. The van der Waals surface area contributed by atoms with Crippen molar-refractivity contribution in [3.05, 3.63) is 0 Å². The van der Waals surface area contributed by atoms with Crippen LogP contribution < -0.4 is 33.6 Å². The van der Waals surface area contributed by atoms with Crippen LogP contribution in [-0.4, -0.2) is 43.0 Å². The molecule has 0 radical (unpaired) electrons. The second-order valence-electron chi connectivity index (χ2n) is 6.43. The molecular formula is C16H30N12. The monoisotopic (exact) mass is 390 g/mol. The van der Waals surface area contributed by atoms with Gasteiger partial charge in [0, 0.05) is 13.1 Å². The van der Waals surface area contributed by atoms with Gasteiger partial charge in [0.15, 0.2) is 0 Å². The van der Waals surface area contributed by atoms with Crippen molar-refractivity contribution in [2.24, 2.45) is 0 Å². The van der Waals surface area contributed by atoms with Crippen molar-refractivity contribution in [1.29, 1.82) is 0 Å². The summed E-state index contributed by atoms with van der Waals surface area (Å²) < 4.78 is 0. The van der Waals surface area contributed by atoms with Crippen LogP contribution in [0, 0.1) is 0 Å². The summed E-state index contributed by atoms with van der Waals surface area (Å²) in [5.41, 5.74) is 22.1. The van der Waals surface area contributed by atoms with Gasteiger partial charge >= 0.3 is 0 Å². The molecule has 0 atom stereocenters. The molecule has 0 saturated heterocycles. The summed E-state index contributed by atoms with van der Waals surface area (Å²) >= 11 is 0. The summed E-state index contributed by atoms with van der Waals surface area (Å²) in [5.74, 6) is 1.39. The Kier molecular flexibility index (Phi) is 8.69. The van der Waals surface area contributed by atoms with Crippen LogP contribution >= 0.6 is 0 Å². The van der Waals surface area contributed by atoms with E-state index in [4.69, 9.17) is 22.9 Å². The lowest BCUT2D eigenvalue weighted by molar-refractivity contribution is 0.576. The normalized spacial score (nSPS) is 10.7. The third-order valence-corrected chi connectivity index (χ3v) is 4.01. The molecule has 2 rings (SSSR count). The molecule has 0 aliphatic rings. The third-order valence-electron chi connectivity index (χ3n) is 4.01. The molecule has 2 heterocycles. The summed E-state index contributed by atoms with van der Waals surface area (Å²) in [5, 5.41) is 6.23. The van der Waals surface area contributed by atoms with E-state index in [0.717, 1.165) is 38.8 Å². The van der Waals surface area contributed by atoms with Crippen LogP contribution in [0.5, 0.6) is 0 Å². The molecule has 2 aromatic heterocycles. The maximum Gasteiger partial charge on any atom is 0.229 e. The molecule has 0 fully saturated rings. The number of aromatic nitrogens is 6. The Morgan fingerprint density at radius 3 is 1.04 bits per heavy atom. The molecule has 0 spiro atoms. The molecule has 0 amide bonds. The summed E-state index contributed by atoms with van der Waals surface area (Å²) in [6.45, 7) is 1.58. The second-order valence-corrected chi connectivity index (χ2v) is 6.43. The minimum absolute atomic E-state index is 0.131. The fraction of sp³-hybridized carbons (Fsp3) is 0.625. The number of hydrogen-bond donors (Lipinski definition) is 6. The van der Waals surface area contributed by atoms with E-state index in [1.807, 2.05) is 0 Å². The molecule has 0 saturated carbocycles. The van der Waals surface area contributed by atoms with E-state index in [9.17, 15) is 0 Å². The smallest absolute Gasteiger partial charge is 0.229 e. The third kappa shape index (κ3) is 8.47. The van der Waals surface area contributed by atoms with Crippen molar-refractivity contribution >= 4 is 35.7 Å². The van der Waals surface area contributed by atoms with Gasteiger partial charge in [-0.3, -0.25) is 0 Å². The maximum absolute atomic E-state index is 5.52. The Labute approximate surface area is 164 Å². The van der Waals surface area contributed by atoms with E-state index in [1.54, 1.807) is 0 Å². The average molecular weight is 390 g/mol. The number of nitrogen functional groups attached to an aromatic ring is 4. The summed E-state index contributed by atoms with van der Waals surface area (Å²) in [6, 6.07) is 0. The highest BCUT2D eigenvalue weighted by molar-refractivity contribution is 5.37. The minimum atomic E-state index is 0.131. The van der Waals surface area contributed by atoms with Gasteiger partial charge in [-0.15, -0.1) is 0 Å². The van der Waals surface area contributed by atoms with E-state index < -0.39 is 0 Å². The van der Waals surface area contributed by atoms with Crippen molar-refractivity contribution in [2.75, 3.05) is 46.7 Å². The standard InChI is InChI=1S/C16H30N12/c17-11-23-12(18)26-15(25-11)21-9-7-5-3-1-2-4-6-8-10-22-16-27-13(19)24-14(20)28-16/h1-10H2,(H5,17,18,21,23,25,26)(H5,19,20,22,24,27,28). The minimum Gasteiger partial charge on any atom is -0.368 e. The number of nitrogens with zero attached hydrogens (tertiary/aromatic N) is 6. The predicted octanol–water partition coefficient (Wildman–Crippen LogP) is 1.03. The van der Waals surface area contributed by atoms with Gasteiger partial charge in [0.2, 0.25) is 35.7 Å². The molecule has 12 heteroatoms. The second kappa shape index (κ2) is 11.5. The quantitative estimate of drug-likeness (QED) is 0.265. The van der Waals surface area contributed by atoms with Gasteiger partial charge in [0.1, 0.15) is 0 Å². The van der Waals surface area contributed by atoms with E-state index in [-0.39, 0.29) is 23.8 Å². The average Bonchev–Trinajstić information content (AvgIpc) is 2.61. The van der Waals surface area contributed by atoms with Crippen LogP contribution in [0.15, 0.2) is 0 Å². The number of nitrogens with one attached hydrogen (secondary N) is 2. The lowest BCUT2D eigenvalue weighted by Crippen LogP contribution is -2.10. The Morgan fingerprint density at radius 2 is 0.714 bits per heavy atom. The molecule has 2 aromatic rings. The molecular weight excluding hydrogens is 360 g/mol. The van der Waals surface area contributed by atoms with E-state index in [1.165, 1.54) is 25.7 Å². The number of unbranched alkanes of at least 4 members (excludes halogenated alkanes) is 7. The van der Waals surface area contributed by atoms with E-state index in [0.29, 0.717) is 11.9 Å². The highest BCUT2D eigenvalue weighted by atomic mass is 15.2. The van der Waals surface area contributed by atoms with Crippen LogP contribution in [0.3, 0.4) is 0 Å². The van der Waals surface area contributed by atoms with E-state index in [2.05, 4.69) is 40.5 Å². The van der Waals surface area contributed by atoms with Gasteiger partial charge in [0.05, 0.1) is 0 Å². The Morgan fingerprint density at radius 1 is 0.429 bits per heavy atom. The van der Waals surface area contributed by atoms with Crippen molar-refractivity contribution in [3.8, 4) is 0 Å². The fourth-order valence-electron chi connectivity index (χ4n) is 2.69. The first kappa shape index (κ1) is 21.1.